The van der Waals surface area contributed by atoms with Gasteiger partial charge in [-0.2, -0.15) is 0 Å². The van der Waals surface area contributed by atoms with Crippen LogP contribution in [-0.2, 0) is 0 Å². The number of hydrogen-bond donors (Lipinski definition) is 1. The van der Waals surface area contributed by atoms with Crippen LogP contribution < -0.4 is 5.56 Å². The topological polar surface area (TPSA) is 57.6 Å². The van der Waals surface area contributed by atoms with Gasteiger partial charge in [-0.1, -0.05) is 24.3 Å². The van der Waals surface area contributed by atoms with Gasteiger partial charge in [0.2, 0.25) is 0 Å². The van der Waals surface area contributed by atoms with Crippen LogP contribution in [0.1, 0.15) is 28.9 Å². The number of H-pyrrole nitrogens is 1. The van der Waals surface area contributed by atoms with E-state index in [2.05, 4.69) is 4.98 Å². The Kier molecular flexibility index (Phi) is 3.84. The van der Waals surface area contributed by atoms with Crippen LogP contribution in [-0.4, -0.2) is 27.2 Å². The molecule has 0 saturated carbocycles. The van der Waals surface area contributed by atoms with Crippen LogP contribution in [0.2, 0.25) is 0 Å². The Labute approximate surface area is 150 Å². The van der Waals surface area contributed by atoms with Gasteiger partial charge in [0, 0.05) is 36.5 Å². The maximum atomic E-state index is 13.0. The lowest BCUT2D eigenvalue weighted by atomic mass is 10.0. The minimum Gasteiger partial charge on any atom is -0.335 e. The highest BCUT2D eigenvalue weighted by Crippen LogP contribution is 2.26. The second-order valence-electron chi connectivity index (χ2n) is 6.47. The zero-order valence-electron chi connectivity index (χ0n) is 14.6. The SMILES string of the molecule is C[C@H](c1c[nH]c(=O)c2ccccc12)N(C)C(=O)c1cc2ccccn2c1. The number of nitrogens with zero attached hydrogens (tertiary/aromatic N) is 2. The molecule has 0 unspecified atom stereocenters. The molecule has 4 aromatic rings. The highest BCUT2D eigenvalue weighted by molar-refractivity contribution is 5.96. The first-order valence-corrected chi connectivity index (χ1v) is 8.50. The number of carbonyl (C=O) groups is 1. The molecule has 5 heteroatoms. The lowest BCUT2D eigenvalue weighted by molar-refractivity contribution is 0.0743. The van der Waals surface area contributed by atoms with Crippen LogP contribution in [0, 0.1) is 0 Å². The molecule has 1 amide bonds. The molecule has 0 fully saturated rings. The average molecular weight is 345 g/mol. The summed E-state index contributed by atoms with van der Waals surface area (Å²) in [7, 11) is 1.79. The second kappa shape index (κ2) is 6.19. The van der Waals surface area contributed by atoms with Crippen LogP contribution in [0.4, 0.5) is 0 Å². The number of aromatic nitrogens is 2. The van der Waals surface area contributed by atoms with E-state index in [1.807, 2.05) is 66.2 Å². The van der Waals surface area contributed by atoms with E-state index in [1.54, 1.807) is 24.2 Å². The van der Waals surface area contributed by atoms with Gasteiger partial charge in [0.15, 0.2) is 0 Å². The Morgan fingerprint density at radius 2 is 1.85 bits per heavy atom. The van der Waals surface area contributed by atoms with Gasteiger partial charge in [-0.15, -0.1) is 0 Å². The summed E-state index contributed by atoms with van der Waals surface area (Å²) in [5, 5.41) is 1.50. The standard InChI is InChI=1S/C21H19N3O2/c1-14(19-12-22-20(25)18-9-4-3-8-17(18)19)23(2)21(26)15-11-16-7-5-6-10-24(16)13-15/h3-14H,1-2H3,(H,22,25)/t14-/m1/s1. The fourth-order valence-electron chi connectivity index (χ4n) is 3.34. The summed E-state index contributed by atoms with van der Waals surface area (Å²) in [4.78, 5) is 29.5. The number of aromatic amines is 1. The number of amides is 1. The van der Waals surface area contributed by atoms with Crippen LogP contribution >= 0.6 is 0 Å². The summed E-state index contributed by atoms with van der Waals surface area (Å²) in [6, 6.07) is 15.0. The van der Waals surface area contributed by atoms with Crippen molar-refractivity contribution in [1.82, 2.24) is 14.3 Å². The van der Waals surface area contributed by atoms with Crippen molar-refractivity contribution in [2.45, 2.75) is 13.0 Å². The van der Waals surface area contributed by atoms with Gasteiger partial charge in [0.05, 0.1) is 11.6 Å². The quantitative estimate of drug-likeness (QED) is 0.617. The second-order valence-corrected chi connectivity index (χ2v) is 6.47. The normalized spacial score (nSPS) is 12.4. The third-order valence-corrected chi connectivity index (χ3v) is 4.94. The third-order valence-electron chi connectivity index (χ3n) is 4.94. The maximum Gasteiger partial charge on any atom is 0.255 e. The molecule has 0 bridgehead atoms. The van der Waals surface area contributed by atoms with Crippen molar-refractivity contribution in [2.24, 2.45) is 0 Å². The first-order valence-electron chi connectivity index (χ1n) is 8.50. The molecular weight excluding hydrogens is 326 g/mol. The number of carbonyl (C=O) groups excluding carboxylic acids is 1. The molecule has 3 aromatic heterocycles. The van der Waals surface area contributed by atoms with Gasteiger partial charge in [-0.25, -0.2) is 0 Å². The van der Waals surface area contributed by atoms with Crippen molar-refractivity contribution in [3.63, 3.8) is 0 Å². The average Bonchev–Trinajstić information content (AvgIpc) is 3.11. The molecule has 0 saturated heterocycles. The van der Waals surface area contributed by atoms with E-state index in [1.165, 1.54) is 0 Å². The lowest BCUT2D eigenvalue weighted by Gasteiger charge is -2.26. The van der Waals surface area contributed by atoms with E-state index in [4.69, 9.17) is 0 Å². The van der Waals surface area contributed by atoms with Gasteiger partial charge in [0.25, 0.3) is 11.5 Å². The van der Waals surface area contributed by atoms with E-state index >= 15 is 0 Å². The van der Waals surface area contributed by atoms with E-state index < -0.39 is 0 Å². The zero-order chi connectivity index (χ0) is 18.3. The molecule has 0 radical (unpaired) electrons. The Morgan fingerprint density at radius 3 is 2.62 bits per heavy atom. The van der Waals surface area contributed by atoms with Crippen molar-refractivity contribution in [1.29, 1.82) is 0 Å². The predicted octanol–water partition coefficient (Wildman–Crippen LogP) is 3.61. The smallest absolute Gasteiger partial charge is 0.255 e. The molecule has 1 atom stereocenters. The van der Waals surface area contributed by atoms with Crippen molar-refractivity contribution >= 4 is 22.2 Å². The van der Waals surface area contributed by atoms with Crippen molar-refractivity contribution in [3.8, 4) is 0 Å². The molecule has 0 spiro atoms. The van der Waals surface area contributed by atoms with Gasteiger partial charge in [0.1, 0.15) is 0 Å². The molecule has 4 rings (SSSR count). The van der Waals surface area contributed by atoms with Crippen LogP contribution in [0.3, 0.4) is 0 Å². The first-order chi connectivity index (χ1) is 12.6. The Bertz CT molecular complexity index is 1140. The summed E-state index contributed by atoms with van der Waals surface area (Å²) in [6.45, 7) is 1.97. The minimum absolute atomic E-state index is 0.0588. The largest absolute Gasteiger partial charge is 0.335 e. The van der Waals surface area contributed by atoms with Crippen LogP contribution in [0.25, 0.3) is 16.3 Å². The molecule has 1 N–H and O–H groups in total. The number of hydrogen-bond acceptors (Lipinski definition) is 2. The summed E-state index contributed by atoms with van der Waals surface area (Å²) in [5.41, 5.74) is 2.41. The Balaban J connectivity index is 1.72. The summed E-state index contributed by atoms with van der Waals surface area (Å²) < 4.78 is 1.93. The van der Waals surface area contributed by atoms with E-state index in [-0.39, 0.29) is 17.5 Å². The maximum absolute atomic E-state index is 13.0. The monoisotopic (exact) mass is 345 g/mol. The number of rotatable bonds is 3. The molecular formula is C21H19N3O2. The molecule has 1 aromatic carbocycles. The van der Waals surface area contributed by atoms with E-state index in [0.717, 1.165) is 16.5 Å². The third kappa shape index (κ3) is 2.58. The number of benzene rings is 1. The Hall–Kier alpha value is -3.34. The minimum atomic E-state index is -0.188. The number of pyridine rings is 2. The molecule has 0 aliphatic rings. The summed E-state index contributed by atoms with van der Waals surface area (Å²) >= 11 is 0. The fraction of sp³-hybridized carbons (Fsp3) is 0.143. The van der Waals surface area contributed by atoms with Gasteiger partial charge in [-0.3, -0.25) is 9.59 Å². The fourth-order valence-corrected chi connectivity index (χ4v) is 3.34. The predicted molar refractivity (Wildman–Crippen MR) is 102 cm³/mol. The van der Waals surface area contributed by atoms with Crippen LogP contribution in [0.5, 0.6) is 0 Å². The summed E-state index contributed by atoms with van der Waals surface area (Å²) in [5.74, 6) is -0.0588. The Morgan fingerprint density at radius 1 is 1.12 bits per heavy atom. The van der Waals surface area contributed by atoms with Gasteiger partial charge >= 0.3 is 0 Å². The number of fused-ring (bicyclic) bond motifs is 2. The first kappa shape index (κ1) is 16.1. The van der Waals surface area contributed by atoms with Crippen molar-refractivity contribution in [3.05, 3.63) is 88.6 Å². The van der Waals surface area contributed by atoms with Crippen LogP contribution in [0.15, 0.2) is 71.9 Å². The van der Waals surface area contributed by atoms with E-state index in [9.17, 15) is 9.59 Å². The molecule has 0 aliphatic heterocycles. The highest BCUT2D eigenvalue weighted by atomic mass is 16.2. The molecule has 3 heterocycles. The van der Waals surface area contributed by atoms with Crippen molar-refractivity contribution < 1.29 is 4.79 Å². The van der Waals surface area contributed by atoms with Gasteiger partial charge < -0.3 is 14.3 Å². The summed E-state index contributed by atoms with van der Waals surface area (Å²) in [6.07, 6.45) is 5.46. The number of nitrogens with one attached hydrogen (secondary N) is 1. The molecule has 130 valence electrons. The lowest BCUT2D eigenvalue weighted by Crippen LogP contribution is -2.30. The molecule has 5 nitrogen and oxygen atoms in total. The molecule has 0 aliphatic carbocycles. The van der Waals surface area contributed by atoms with Gasteiger partial charge in [-0.05, 0) is 42.1 Å². The highest BCUT2D eigenvalue weighted by Gasteiger charge is 2.22. The zero-order valence-corrected chi connectivity index (χ0v) is 14.6. The molecule has 26 heavy (non-hydrogen) atoms. The van der Waals surface area contributed by atoms with Crippen molar-refractivity contribution in [2.75, 3.05) is 7.05 Å². The van der Waals surface area contributed by atoms with E-state index in [0.29, 0.717) is 10.9 Å².